The molecule has 2 saturated heterocycles. The van der Waals surface area contributed by atoms with E-state index in [1.165, 1.54) is 6.08 Å². The van der Waals surface area contributed by atoms with Crippen molar-refractivity contribution in [1.82, 2.24) is 10.2 Å². The molecule has 178 valence electrons. The van der Waals surface area contributed by atoms with Crippen LogP contribution in [0.3, 0.4) is 0 Å². The minimum atomic E-state index is -0.920. The summed E-state index contributed by atoms with van der Waals surface area (Å²) >= 11 is 0. The lowest BCUT2D eigenvalue weighted by molar-refractivity contribution is -0.139. The van der Waals surface area contributed by atoms with Crippen molar-refractivity contribution in [3.8, 4) is 0 Å². The number of nitrogens with one attached hydrogen (secondary N) is 1. The van der Waals surface area contributed by atoms with E-state index in [1.54, 1.807) is 11.1 Å². The Morgan fingerprint density at radius 1 is 0.857 bits per heavy atom. The molecule has 6 rings (SSSR count). The minimum absolute atomic E-state index is 0.130. The first-order valence-electron chi connectivity index (χ1n) is 11.7. The average molecular weight is 471 g/mol. The molecule has 0 spiro atoms. The first-order chi connectivity index (χ1) is 17.2. The highest BCUT2D eigenvalue weighted by atomic mass is 16.6. The van der Waals surface area contributed by atoms with Crippen molar-refractivity contribution in [2.75, 3.05) is 6.61 Å². The normalized spacial score (nSPS) is 27.4. The van der Waals surface area contributed by atoms with Crippen molar-refractivity contribution in [2.45, 2.75) is 36.5 Å². The smallest absolute Gasteiger partial charge is 0.248 e. The molecule has 2 N–H and O–H groups in total. The van der Waals surface area contributed by atoms with Gasteiger partial charge in [-0.1, -0.05) is 91.0 Å². The average Bonchev–Trinajstić information content (AvgIpc) is 3.41. The Labute approximate surface area is 203 Å². The minimum Gasteiger partial charge on any atom is -0.387 e. The Kier molecular flexibility index (Phi) is 5.62. The number of amides is 1. The predicted molar refractivity (Wildman–Crippen MR) is 128 cm³/mol. The lowest BCUT2D eigenvalue weighted by Crippen LogP contribution is -2.49. The van der Waals surface area contributed by atoms with E-state index in [-0.39, 0.29) is 12.5 Å². The quantitative estimate of drug-likeness (QED) is 0.540. The molecule has 3 aromatic rings. The van der Waals surface area contributed by atoms with Gasteiger partial charge in [0, 0.05) is 12.3 Å². The molecule has 1 amide bonds. The van der Waals surface area contributed by atoms with E-state index in [1.807, 2.05) is 54.6 Å². The number of benzene rings is 3. The Balaban J connectivity index is 1.34. The number of nitrogens with zero attached hydrogens (tertiary/aromatic N) is 1. The third-order valence-corrected chi connectivity index (χ3v) is 6.83. The maximum Gasteiger partial charge on any atom is 0.248 e. The van der Waals surface area contributed by atoms with Crippen molar-refractivity contribution in [2.24, 2.45) is 0 Å². The van der Waals surface area contributed by atoms with Gasteiger partial charge < -0.3 is 29.5 Å². The van der Waals surface area contributed by atoms with Gasteiger partial charge in [-0.3, -0.25) is 4.79 Å². The number of hydrogen-bond acceptors (Lipinski definition) is 6. The van der Waals surface area contributed by atoms with Crippen LogP contribution in [-0.4, -0.2) is 53.4 Å². The third kappa shape index (κ3) is 3.73. The zero-order valence-corrected chi connectivity index (χ0v) is 18.9. The summed E-state index contributed by atoms with van der Waals surface area (Å²) in [6.45, 7) is 0.130. The Bertz CT molecular complexity index is 1110. The van der Waals surface area contributed by atoms with Gasteiger partial charge in [-0.15, -0.1) is 0 Å². The second-order valence-electron chi connectivity index (χ2n) is 8.87. The van der Waals surface area contributed by atoms with Crippen LogP contribution in [0.5, 0.6) is 0 Å². The number of hydrogen-bond donors (Lipinski definition) is 2. The molecule has 3 aromatic carbocycles. The molecule has 2 fully saturated rings. The van der Waals surface area contributed by atoms with Crippen molar-refractivity contribution in [3.05, 3.63) is 120 Å². The molecule has 0 aromatic heterocycles. The molecular formula is C28H26N2O5. The van der Waals surface area contributed by atoms with E-state index >= 15 is 0 Å². The fraction of sp³-hybridized carbons (Fsp3) is 0.250. The molecule has 0 radical (unpaired) electrons. The molecule has 0 saturated carbocycles. The van der Waals surface area contributed by atoms with Gasteiger partial charge in [0.05, 0.1) is 6.61 Å². The first-order valence-corrected chi connectivity index (χ1v) is 11.7. The lowest BCUT2D eigenvalue weighted by Gasteiger charge is -2.37. The van der Waals surface area contributed by atoms with Gasteiger partial charge >= 0.3 is 0 Å². The zero-order valence-electron chi connectivity index (χ0n) is 18.9. The standard InChI is InChI=1S/C28H26N2O5/c31-23-16-17-30-26-25(35-27(30)29-23)24(32)22(34-26)18-33-28(19-10-4-1-5-11-19,20-12-6-2-7-13-20)21-14-8-3-9-15-21/h1-17,22,24-27,32H,18H2,(H,29,31)/t22-,24-,25+,26+,27-/m1/s1. The van der Waals surface area contributed by atoms with E-state index in [4.69, 9.17) is 14.2 Å². The SMILES string of the molecule is O=C1C=CN2[C@@H](N1)O[C@H]1[C@H](O)[C@@H](COC(c3ccccc3)(c3ccccc3)c3ccccc3)O[C@@H]12. The number of carbonyl (C=O) groups is 1. The predicted octanol–water partition coefficient (Wildman–Crippen LogP) is 2.71. The van der Waals surface area contributed by atoms with Gasteiger partial charge in [0.1, 0.15) is 23.9 Å². The van der Waals surface area contributed by atoms with Crippen LogP contribution in [0.25, 0.3) is 0 Å². The molecular weight excluding hydrogens is 444 g/mol. The monoisotopic (exact) mass is 470 g/mol. The van der Waals surface area contributed by atoms with E-state index in [9.17, 15) is 9.90 Å². The highest BCUT2D eigenvalue weighted by Crippen LogP contribution is 2.42. The lowest BCUT2D eigenvalue weighted by atomic mass is 9.80. The Morgan fingerprint density at radius 2 is 1.40 bits per heavy atom. The molecule has 35 heavy (non-hydrogen) atoms. The topological polar surface area (TPSA) is 80.3 Å². The molecule has 3 aliphatic heterocycles. The highest BCUT2D eigenvalue weighted by Gasteiger charge is 2.55. The van der Waals surface area contributed by atoms with Crippen molar-refractivity contribution < 1.29 is 24.1 Å². The molecule has 7 heteroatoms. The number of aliphatic hydroxyl groups is 1. The Hall–Kier alpha value is -3.49. The summed E-state index contributed by atoms with van der Waals surface area (Å²) in [5, 5.41) is 13.8. The van der Waals surface area contributed by atoms with E-state index < -0.39 is 36.5 Å². The number of fused-ring (bicyclic) bond motifs is 3. The fourth-order valence-electron chi connectivity index (χ4n) is 5.17. The van der Waals surface area contributed by atoms with Crippen LogP contribution in [-0.2, 0) is 24.6 Å². The van der Waals surface area contributed by atoms with Crippen LogP contribution in [0.2, 0.25) is 0 Å². The third-order valence-electron chi connectivity index (χ3n) is 6.83. The molecule has 7 nitrogen and oxygen atoms in total. The molecule has 3 heterocycles. The number of ether oxygens (including phenoxy) is 3. The zero-order chi connectivity index (χ0) is 23.8. The van der Waals surface area contributed by atoms with Gasteiger partial charge in [0.25, 0.3) is 0 Å². The highest BCUT2D eigenvalue weighted by molar-refractivity contribution is 5.88. The summed E-state index contributed by atoms with van der Waals surface area (Å²) in [5.41, 5.74) is 2.02. The fourth-order valence-corrected chi connectivity index (χ4v) is 5.17. The number of rotatable bonds is 6. The van der Waals surface area contributed by atoms with Crippen LogP contribution in [0, 0.1) is 0 Å². The maximum atomic E-state index is 11.7. The molecule has 0 unspecified atom stereocenters. The van der Waals surface area contributed by atoms with Gasteiger partial charge in [-0.05, 0) is 16.7 Å². The van der Waals surface area contributed by atoms with Crippen LogP contribution in [0.4, 0.5) is 0 Å². The Morgan fingerprint density at radius 3 is 1.94 bits per heavy atom. The second-order valence-corrected chi connectivity index (χ2v) is 8.87. The first kappa shape index (κ1) is 22.0. The second kappa shape index (κ2) is 8.94. The molecule has 3 aliphatic rings. The van der Waals surface area contributed by atoms with Crippen LogP contribution in [0.1, 0.15) is 16.7 Å². The largest absolute Gasteiger partial charge is 0.387 e. The van der Waals surface area contributed by atoms with Gasteiger partial charge in [0.15, 0.2) is 6.23 Å². The van der Waals surface area contributed by atoms with Crippen molar-refractivity contribution >= 4 is 5.91 Å². The van der Waals surface area contributed by atoms with Crippen LogP contribution < -0.4 is 5.32 Å². The van der Waals surface area contributed by atoms with Crippen LogP contribution >= 0.6 is 0 Å². The van der Waals surface area contributed by atoms with Crippen molar-refractivity contribution in [1.29, 1.82) is 0 Å². The van der Waals surface area contributed by atoms with Gasteiger partial charge in [0.2, 0.25) is 12.3 Å². The maximum absolute atomic E-state index is 11.7. The van der Waals surface area contributed by atoms with E-state index in [0.29, 0.717) is 0 Å². The summed E-state index contributed by atoms with van der Waals surface area (Å²) in [6.07, 6.45) is -0.227. The summed E-state index contributed by atoms with van der Waals surface area (Å²) in [4.78, 5) is 13.4. The number of aliphatic hydroxyl groups excluding tert-OH is 1. The van der Waals surface area contributed by atoms with E-state index in [2.05, 4.69) is 41.7 Å². The van der Waals surface area contributed by atoms with Crippen molar-refractivity contribution in [3.63, 3.8) is 0 Å². The number of carbonyl (C=O) groups excluding carboxylic acids is 1. The van der Waals surface area contributed by atoms with E-state index in [0.717, 1.165) is 16.7 Å². The summed E-state index contributed by atoms with van der Waals surface area (Å²) < 4.78 is 18.9. The summed E-state index contributed by atoms with van der Waals surface area (Å²) in [6, 6.07) is 30.2. The molecule has 5 atom stereocenters. The summed E-state index contributed by atoms with van der Waals surface area (Å²) in [5.74, 6) is -0.237. The molecule has 0 bridgehead atoms. The summed E-state index contributed by atoms with van der Waals surface area (Å²) in [7, 11) is 0. The molecule has 0 aliphatic carbocycles. The van der Waals surface area contributed by atoms with Crippen LogP contribution in [0.15, 0.2) is 103 Å². The van der Waals surface area contributed by atoms with Gasteiger partial charge in [-0.25, -0.2) is 0 Å². The van der Waals surface area contributed by atoms with Gasteiger partial charge in [-0.2, -0.15) is 0 Å².